The molecule has 0 saturated carbocycles. The molecule has 0 aliphatic rings. The lowest BCUT2D eigenvalue weighted by Gasteiger charge is -2.15. The molecule has 57 heavy (non-hydrogen) atoms. The van der Waals surface area contributed by atoms with Crippen LogP contribution in [0.5, 0.6) is 0 Å². The van der Waals surface area contributed by atoms with E-state index in [9.17, 15) is 0 Å². The smallest absolute Gasteiger partial charge is 0.221 e. The molecule has 5 heteroatoms. The third-order valence-electron chi connectivity index (χ3n) is 12.0. The van der Waals surface area contributed by atoms with Gasteiger partial charge in [0, 0.05) is 38.0 Å². The standard InChI is InChI=1S/C52H31N5/c1-2-14-33-29-35(27-25-32(33)13-1)55-46-22-10-6-16-37(46)39-28-26-34(30-49(39)55)42-31-43-38-17-7-11-23-47(38)56(50(43)40-18-4-3-15-36(40)42)52-54-44-20-8-5-19-41(44)51-53-45-21-9-12-24-48(45)57(51)52/h1-31H. The summed E-state index contributed by atoms with van der Waals surface area (Å²) in [7, 11) is 0. The van der Waals surface area contributed by atoms with E-state index < -0.39 is 0 Å². The van der Waals surface area contributed by atoms with Crippen LogP contribution in [0.1, 0.15) is 0 Å². The van der Waals surface area contributed by atoms with Crippen molar-refractivity contribution in [1.82, 2.24) is 23.5 Å². The van der Waals surface area contributed by atoms with Crippen molar-refractivity contribution in [2.24, 2.45) is 0 Å². The van der Waals surface area contributed by atoms with Gasteiger partial charge in [-0.05, 0) is 87.9 Å². The number of para-hydroxylation sites is 5. The molecule has 4 heterocycles. The number of aromatic nitrogens is 5. The summed E-state index contributed by atoms with van der Waals surface area (Å²) in [5.41, 5.74) is 11.9. The summed E-state index contributed by atoms with van der Waals surface area (Å²) in [6.07, 6.45) is 0. The van der Waals surface area contributed by atoms with Gasteiger partial charge in [-0.1, -0.05) is 127 Å². The number of nitrogens with zero attached hydrogens (tertiary/aromatic N) is 5. The molecular formula is C52H31N5. The first-order chi connectivity index (χ1) is 28.3. The molecule has 0 spiro atoms. The molecule has 264 valence electrons. The molecule has 0 fully saturated rings. The van der Waals surface area contributed by atoms with Gasteiger partial charge in [0.05, 0.1) is 38.6 Å². The third-order valence-corrected chi connectivity index (χ3v) is 12.0. The lowest BCUT2D eigenvalue weighted by Crippen LogP contribution is -2.06. The fraction of sp³-hybridized carbons (Fsp3) is 0. The highest BCUT2D eigenvalue weighted by molar-refractivity contribution is 6.22. The van der Waals surface area contributed by atoms with E-state index in [0.717, 1.165) is 50.3 Å². The number of rotatable bonds is 3. The summed E-state index contributed by atoms with van der Waals surface area (Å²) in [5.74, 6) is 0.822. The minimum atomic E-state index is 0.822. The summed E-state index contributed by atoms with van der Waals surface area (Å²) in [4.78, 5) is 10.6. The first-order valence-corrected chi connectivity index (χ1v) is 19.4. The molecule has 13 rings (SSSR count). The molecule has 13 aromatic rings. The molecule has 0 aliphatic carbocycles. The molecule has 0 amide bonds. The van der Waals surface area contributed by atoms with Crippen molar-refractivity contribution in [3.8, 4) is 22.8 Å². The zero-order valence-electron chi connectivity index (χ0n) is 30.6. The molecule has 0 atom stereocenters. The van der Waals surface area contributed by atoms with Gasteiger partial charge >= 0.3 is 0 Å². The Hall–Kier alpha value is -7.76. The number of hydrogen-bond acceptors (Lipinski definition) is 2. The van der Waals surface area contributed by atoms with Gasteiger partial charge in [0.25, 0.3) is 0 Å². The first-order valence-electron chi connectivity index (χ1n) is 19.4. The Balaban J connectivity index is 1.13. The average Bonchev–Trinajstić information content (AvgIpc) is 3.94. The van der Waals surface area contributed by atoms with Crippen molar-refractivity contribution in [3.63, 3.8) is 0 Å². The van der Waals surface area contributed by atoms with Crippen molar-refractivity contribution >= 4 is 92.7 Å². The van der Waals surface area contributed by atoms with Crippen LogP contribution in [-0.4, -0.2) is 23.5 Å². The maximum absolute atomic E-state index is 5.45. The van der Waals surface area contributed by atoms with Gasteiger partial charge < -0.3 is 4.57 Å². The lowest BCUT2D eigenvalue weighted by atomic mass is 9.94. The van der Waals surface area contributed by atoms with E-state index in [1.165, 1.54) is 65.3 Å². The maximum atomic E-state index is 5.45. The van der Waals surface area contributed by atoms with Crippen molar-refractivity contribution < 1.29 is 0 Å². The Morgan fingerprint density at radius 1 is 0.351 bits per heavy atom. The molecule has 0 N–H and O–H groups in total. The van der Waals surface area contributed by atoms with E-state index >= 15 is 0 Å². The highest BCUT2D eigenvalue weighted by atomic mass is 15.2. The first kappa shape index (κ1) is 30.6. The van der Waals surface area contributed by atoms with Crippen LogP contribution >= 0.6 is 0 Å². The van der Waals surface area contributed by atoms with Gasteiger partial charge in [-0.3, -0.25) is 8.97 Å². The van der Waals surface area contributed by atoms with E-state index in [-0.39, 0.29) is 0 Å². The summed E-state index contributed by atoms with van der Waals surface area (Å²) in [5, 5.41) is 10.7. The van der Waals surface area contributed by atoms with Crippen molar-refractivity contribution in [3.05, 3.63) is 188 Å². The number of fused-ring (bicyclic) bond motifs is 14. The maximum Gasteiger partial charge on any atom is 0.221 e. The summed E-state index contributed by atoms with van der Waals surface area (Å²) in [6.45, 7) is 0. The second-order valence-electron chi connectivity index (χ2n) is 15.0. The molecule has 0 aliphatic heterocycles. The second-order valence-corrected chi connectivity index (χ2v) is 15.0. The second kappa shape index (κ2) is 11.4. The van der Waals surface area contributed by atoms with E-state index in [1.54, 1.807) is 0 Å². The van der Waals surface area contributed by atoms with Gasteiger partial charge in [0.2, 0.25) is 5.95 Å². The fourth-order valence-electron chi connectivity index (χ4n) is 9.48. The van der Waals surface area contributed by atoms with Crippen molar-refractivity contribution in [1.29, 1.82) is 0 Å². The third kappa shape index (κ3) is 4.23. The number of imidazole rings is 1. The molecule has 5 nitrogen and oxygen atoms in total. The number of hydrogen-bond donors (Lipinski definition) is 0. The zero-order chi connectivity index (χ0) is 37.2. The number of benzene rings is 9. The summed E-state index contributed by atoms with van der Waals surface area (Å²) >= 11 is 0. The van der Waals surface area contributed by atoms with Gasteiger partial charge in [0.1, 0.15) is 5.65 Å². The monoisotopic (exact) mass is 725 g/mol. The fourth-order valence-corrected chi connectivity index (χ4v) is 9.48. The van der Waals surface area contributed by atoms with Crippen LogP contribution in [-0.2, 0) is 0 Å². The Morgan fingerprint density at radius 3 is 1.79 bits per heavy atom. The van der Waals surface area contributed by atoms with Crippen LogP contribution in [0.2, 0.25) is 0 Å². The molecule has 0 radical (unpaired) electrons. The largest absolute Gasteiger partial charge is 0.309 e. The molecule has 0 saturated heterocycles. The SMILES string of the molecule is c1ccc2cc(-n3c4ccccc4c4ccc(-c5cc6c7ccccc7n(-c7nc8ccccc8c8nc9ccccc9n78)c6c6ccccc56)cc43)ccc2c1. The summed E-state index contributed by atoms with van der Waals surface area (Å²) < 4.78 is 7.04. The molecule has 0 bridgehead atoms. The van der Waals surface area contributed by atoms with Crippen LogP contribution in [0.3, 0.4) is 0 Å². The highest BCUT2D eigenvalue weighted by Gasteiger charge is 2.23. The molecule has 0 unspecified atom stereocenters. The molecule has 4 aromatic heterocycles. The van der Waals surface area contributed by atoms with E-state index in [2.05, 4.69) is 202 Å². The van der Waals surface area contributed by atoms with E-state index in [1.807, 2.05) is 0 Å². The average molecular weight is 726 g/mol. The van der Waals surface area contributed by atoms with Crippen LogP contribution in [0.15, 0.2) is 188 Å². The predicted octanol–water partition coefficient (Wildman–Crippen LogP) is 13.2. The van der Waals surface area contributed by atoms with E-state index in [4.69, 9.17) is 9.97 Å². The van der Waals surface area contributed by atoms with Gasteiger partial charge in [-0.2, -0.15) is 0 Å². The van der Waals surface area contributed by atoms with E-state index in [0.29, 0.717) is 0 Å². The van der Waals surface area contributed by atoms with Crippen molar-refractivity contribution in [2.45, 2.75) is 0 Å². The van der Waals surface area contributed by atoms with Crippen LogP contribution in [0, 0.1) is 0 Å². The van der Waals surface area contributed by atoms with Crippen LogP contribution < -0.4 is 0 Å². The van der Waals surface area contributed by atoms with Gasteiger partial charge in [-0.15, -0.1) is 0 Å². The molecule has 9 aromatic carbocycles. The quantitative estimate of drug-likeness (QED) is 0.182. The van der Waals surface area contributed by atoms with Crippen molar-refractivity contribution in [2.75, 3.05) is 0 Å². The van der Waals surface area contributed by atoms with Crippen LogP contribution in [0.4, 0.5) is 0 Å². The Morgan fingerprint density at radius 2 is 0.965 bits per heavy atom. The predicted molar refractivity (Wildman–Crippen MR) is 237 cm³/mol. The van der Waals surface area contributed by atoms with Gasteiger partial charge in [0.15, 0.2) is 0 Å². The minimum absolute atomic E-state index is 0.822. The lowest BCUT2D eigenvalue weighted by molar-refractivity contribution is 0.982. The molecular weight excluding hydrogens is 695 g/mol. The van der Waals surface area contributed by atoms with Gasteiger partial charge in [-0.25, -0.2) is 9.97 Å². The minimum Gasteiger partial charge on any atom is -0.309 e. The normalized spacial score (nSPS) is 12.2. The Bertz CT molecular complexity index is 3820. The topological polar surface area (TPSA) is 40.0 Å². The zero-order valence-corrected chi connectivity index (χ0v) is 30.6. The van der Waals surface area contributed by atoms with Crippen LogP contribution in [0.25, 0.3) is 116 Å². The Kier molecular flexibility index (Phi) is 6.10. The highest BCUT2D eigenvalue weighted by Crippen LogP contribution is 2.43. The Labute approximate surface area is 325 Å². The summed E-state index contributed by atoms with van der Waals surface area (Å²) in [6, 6.07) is 67.9.